The van der Waals surface area contributed by atoms with Gasteiger partial charge in [0.15, 0.2) is 5.60 Å². The number of rotatable bonds is 0. The number of hydrogen-bond donors (Lipinski definition) is 1. The Morgan fingerprint density at radius 2 is 2.06 bits per heavy atom. The Morgan fingerprint density at radius 3 is 2.83 bits per heavy atom. The fraction of sp³-hybridized carbons (Fsp3) is 0.400. The molecule has 2 atom stereocenters. The topological polar surface area (TPSA) is 46.5 Å². The molecule has 0 saturated carbocycles. The summed E-state index contributed by atoms with van der Waals surface area (Å²) in [6.07, 6.45) is 4.18. The maximum absolute atomic E-state index is 12.0. The van der Waals surface area contributed by atoms with Crippen LogP contribution < -0.4 is 0 Å². The van der Waals surface area contributed by atoms with Crippen LogP contribution in [0.4, 0.5) is 0 Å². The van der Waals surface area contributed by atoms with Crippen LogP contribution in [0.1, 0.15) is 25.0 Å². The van der Waals surface area contributed by atoms with Gasteiger partial charge in [0.05, 0.1) is 5.92 Å². The van der Waals surface area contributed by atoms with E-state index in [1.165, 1.54) is 0 Å². The van der Waals surface area contributed by atoms with Crippen molar-refractivity contribution in [3.05, 3.63) is 41.5 Å². The molecular weight excluding hydrogens is 228 g/mol. The second kappa shape index (κ2) is 3.45. The number of ether oxygens (including phenoxy) is 1. The standard InChI is InChI=1S/C15H16O3/c1-14(2)12-8-7-10-5-3-4-6-11(10)9-15(12,17)13(16)18-14/h3-8,12,17H,9H2,1-2H3/t12-,15+/m0/s1. The summed E-state index contributed by atoms with van der Waals surface area (Å²) in [6.45, 7) is 3.68. The number of esters is 1. The zero-order valence-corrected chi connectivity index (χ0v) is 10.5. The average Bonchev–Trinajstić information content (AvgIpc) is 2.43. The van der Waals surface area contributed by atoms with E-state index in [0.717, 1.165) is 11.1 Å². The van der Waals surface area contributed by atoms with Crippen LogP contribution in [0.15, 0.2) is 30.3 Å². The molecule has 0 radical (unpaired) electrons. The predicted molar refractivity (Wildman–Crippen MR) is 67.8 cm³/mol. The SMILES string of the molecule is CC1(C)OC(=O)[C@@]2(O)Cc3ccccc3C=C[C@@H]12. The molecule has 0 amide bonds. The Morgan fingerprint density at radius 1 is 1.33 bits per heavy atom. The first-order chi connectivity index (χ1) is 8.43. The van der Waals surface area contributed by atoms with Gasteiger partial charge >= 0.3 is 5.97 Å². The van der Waals surface area contributed by atoms with Gasteiger partial charge in [-0.15, -0.1) is 0 Å². The summed E-state index contributed by atoms with van der Waals surface area (Å²) in [5.41, 5.74) is -0.0610. The number of hydrogen-bond acceptors (Lipinski definition) is 3. The molecule has 0 aromatic heterocycles. The van der Waals surface area contributed by atoms with Crippen molar-refractivity contribution >= 4 is 12.0 Å². The normalized spacial score (nSPS) is 32.4. The molecule has 1 saturated heterocycles. The third-order valence-corrected chi connectivity index (χ3v) is 3.96. The van der Waals surface area contributed by atoms with Crippen molar-refractivity contribution in [1.82, 2.24) is 0 Å². The molecule has 0 spiro atoms. The van der Waals surface area contributed by atoms with E-state index in [1.807, 2.05) is 50.3 Å². The number of fused-ring (bicyclic) bond motifs is 2. The van der Waals surface area contributed by atoms with Crippen LogP contribution in [-0.2, 0) is 16.0 Å². The van der Waals surface area contributed by atoms with Gasteiger partial charge in [0, 0.05) is 6.42 Å². The maximum Gasteiger partial charge on any atom is 0.339 e. The third-order valence-electron chi connectivity index (χ3n) is 3.96. The van der Waals surface area contributed by atoms with Gasteiger partial charge in [0.25, 0.3) is 0 Å². The van der Waals surface area contributed by atoms with Gasteiger partial charge in [-0.1, -0.05) is 36.4 Å². The molecule has 0 bridgehead atoms. The minimum atomic E-state index is -1.44. The lowest BCUT2D eigenvalue weighted by molar-refractivity contribution is -0.157. The van der Waals surface area contributed by atoms with E-state index >= 15 is 0 Å². The van der Waals surface area contributed by atoms with Crippen molar-refractivity contribution in [2.24, 2.45) is 5.92 Å². The van der Waals surface area contributed by atoms with Crippen LogP contribution in [0.3, 0.4) is 0 Å². The zero-order valence-electron chi connectivity index (χ0n) is 10.5. The van der Waals surface area contributed by atoms with Crippen molar-refractivity contribution in [1.29, 1.82) is 0 Å². The van der Waals surface area contributed by atoms with E-state index in [0.29, 0.717) is 6.42 Å². The van der Waals surface area contributed by atoms with Crippen LogP contribution in [0.2, 0.25) is 0 Å². The van der Waals surface area contributed by atoms with Gasteiger partial charge in [-0.3, -0.25) is 0 Å². The second-order valence-electron chi connectivity index (χ2n) is 5.63. The van der Waals surface area contributed by atoms with Crippen LogP contribution in [0.5, 0.6) is 0 Å². The first-order valence-corrected chi connectivity index (χ1v) is 6.15. The Balaban J connectivity index is 2.14. The summed E-state index contributed by atoms with van der Waals surface area (Å²) in [6, 6.07) is 7.81. The van der Waals surface area contributed by atoms with E-state index in [1.54, 1.807) is 0 Å². The first kappa shape index (κ1) is 11.5. The molecule has 1 N–H and O–H groups in total. The van der Waals surface area contributed by atoms with E-state index < -0.39 is 17.2 Å². The molecule has 0 unspecified atom stereocenters. The van der Waals surface area contributed by atoms with Gasteiger partial charge in [-0.25, -0.2) is 4.79 Å². The lowest BCUT2D eigenvalue weighted by Gasteiger charge is -2.27. The molecule has 1 aromatic carbocycles. The van der Waals surface area contributed by atoms with Gasteiger partial charge in [0.1, 0.15) is 5.60 Å². The Hall–Kier alpha value is -1.61. The highest BCUT2D eigenvalue weighted by molar-refractivity contribution is 5.85. The number of cyclic esters (lactones) is 1. The lowest BCUT2D eigenvalue weighted by atomic mass is 9.77. The van der Waals surface area contributed by atoms with Crippen molar-refractivity contribution in [3.8, 4) is 0 Å². The summed E-state index contributed by atoms with van der Waals surface area (Å²) in [4.78, 5) is 12.0. The van der Waals surface area contributed by atoms with Gasteiger partial charge < -0.3 is 9.84 Å². The summed E-state index contributed by atoms with van der Waals surface area (Å²) in [5, 5.41) is 10.7. The summed E-state index contributed by atoms with van der Waals surface area (Å²) < 4.78 is 5.33. The molecule has 1 heterocycles. The first-order valence-electron chi connectivity index (χ1n) is 6.15. The van der Waals surface area contributed by atoms with Crippen LogP contribution in [0, 0.1) is 5.92 Å². The van der Waals surface area contributed by atoms with E-state index in [2.05, 4.69) is 0 Å². The fourth-order valence-corrected chi connectivity index (χ4v) is 3.01. The van der Waals surface area contributed by atoms with Crippen molar-refractivity contribution in [2.75, 3.05) is 0 Å². The van der Waals surface area contributed by atoms with Crippen LogP contribution >= 0.6 is 0 Å². The maximum atomic E-state index is 12.0. The number of benzene rings is 1. The Bertz CT molecular complexity index is 544. The van der Waals surface area contributed by atoms with E-state index in [4.69, 9.17) is 4.74 Å². The largest absolute Gasteiger partial charge is 0.457 e. The highest BCUT2D eigenvalue weighted by Gasteiger charge is 2.59. The molecule has 3 rings (SSSR count). The Labute approximate surface area is 106 Å². The van der Waals surface area contributed by atoms with Crippen molar-refractivity contribution < 1.29 is 14.6 Å². The van der Waals surface area contributed by atoms with Crippen molar-refractivity contribution in [2.45, 2.75) is 31.5 Å². The molecular formula is C15H16O3. The summed E-state index contributed by atoms with van der Waals surface area (Å²) >= 11 is 0. The molecule has 94 valence electrons. The monoisotopic (exact) mass is 244 g/mol. The van der Waals surface area contributed by atoms with Gasteiger partial charge in [0.2, 0.25) is 0 Å². The molecule has 1 aromatic rings. The molecule has 1 aliphatic carbocycles. The van der Waals surface area contributed by atoms with Gasteiger partial charge in [-0.2, -0.15) is 0 Å². The highest BCUT2D eigenvalue weighted by atomic mass is 16.6. The smallest absolute Gasteiger partial charge is 0.339 e. The molecule has 2 aliphatic rings. The number of aliphatic hydroxyl groups is 1. The van der Waals surface area contributed by atoms with Crippen LogP contribution in [-0.4, -0.2) is 22.3 Å². The molecule has 3 heteroatoms. The summed E-state index contributed by atoms with van der Waals surface area (Å²) in [5.74, 6) is -0.830. The fourth-order valence-electron chi connectivity index (χ4n) is 3.01. The third kappa shape index (κ3) is 1.44. The molecule has 3 nitrogen and oxygen atoms in total. The average molecular weight is 244 g/mol. The minimum absolute atomic E-state index is 0.309. The minimum Gasteiger partial charge on any atom is -0.457 e. The quantitative estimate of drug-likeness (QED) is 0.709. The van der Waals surface area contributed by atoms with E-state index in [-0.39, 0.29) is 5.92 Å². The highest BCUT2D eigenvalue weighted by Crippen LogP contribution is 2.44. The lowest BCUT2D eigenvalue weighted by Crippen LogP contribution is -2.44. The van der Waals surface area contributed by atoms with Crippen LogP contribution in [0.25, 0.3) is 6.08 Å². The molecule has 18 heavy (non-hydrogen) atoms. The Kier molecular flexibility index (Phi) is 2.20. The summed E-state index contributed by atoms with van der Waals surface area (Å²) in [7, 11) is 0. The predicted octanol–water partition coefficient (Wildman–Crippen LogP) is 1.94. The van der Waals surface area contributed by atoms with E-state index in [9.17, 15) is 9.90 Å². The molecule has 1 aliphatic heterocycles. The number of carbonyl (C=O) groups excluding carboxylic acids is 1. The van der Waals surface area contributed by atoms with Crippen molar-refractivity contribution in [3.63, 3.8) is 0 Å². The molecule has 1 fully saturated rings. The number of carbonyl (C=O) groups is 1. The second-order valence-corrected chi connectivity index (χ2v) is 5.63. The van der Waals surface area contributed by atoms with Gasteiger partial charge in [-0.05, 0) is 25.0 Å². The zero-order chi connectivity index (χ0) is 13.0.